The van der Waals surface area contributed by atoms with Gasteiger partial charge in [0.1, 0.15) is 5.75 Å². The first-order valence-corrected chi connectivity index (χ1v) is 9.89. The molecule has 1 aliphatic heterocycles. The number of phenolic OH excluding ortho intramolecular Hbond substituents is 1. The molecule has 0 bridgehead atoms. The molecule has 0 radical (unpaired) electrons. The van der Waals surface area contributed by atoms with Gasteiger partial charge in [-0.3, -0.25) is 9.59 Å². The van der Waals surface area contributed by atoms with E-state index in [2.05, 4.69) is 4.98 Å². The Morgan fingerprint density at radius 2 is 2.07 bits per heavy atom. The number of H-pyrrole nitrogens is 1. The average Bonchev–Trinajstić information content (AvgIpc) is 3.10. The predicted octanol–water partition coefficient (Wildman–Crippen LogP) is 3.47. The van der Waals surface area contributed by atoms with Gasteiger partial charge in [-0.05, 0) is 54.7 Å². The molecule has 1 atom stereocenters. The van der Waals surface area contributed by atoms with Crippen molar-refractivity contribution in [2.24, 2.45) is 0 Å². The summed E-state index contributed by atoms with van der Waals surface area (Å²) in [7, 11) is 0. The highest BCUT2D eigenvalue weighted by Gasteiger charge is 2.31. The number of hydrogen-bond acceptors (Lipinski definition) is 4. The standard InChI is InChI=1S/C23H24N2O4/c1-2-29-21(28)10-5-15-3-6-16(7-4-15)23-22-18(11-12-25(23)14-26)19-13-17(27)8-9-20(19)24-22/h3-4,6-9,13-14,23-24,27H,2,5,10-12H2,1H3. The second kappa shape index (κ2) is 7.99. The van der Waals surface area contributed by atoms with Crippen molar-refractivity contribution < 1.29 is 19.4 Å². The molecule has 6 heteroatoms. The smallest absolute Gasteiger partial charge is 0.306 e. The molecule has 0 saturated carbocycles. The molecule has 2 heterocycles. The minimum Gasteiger partial charge on any atom is -0.508 e. The summed E-state index contributed by atoms with van der Waals surface area (Å²) in [6.07, 6.45) is 2.61. The van der Waals surface area contributed by atoms with Gasteiger partial charge in [0.2, 0.25) is 6.41 Å². The van der Waals surface area contributed by atoms with Crippen LogP contribution in [-0.2, 0) is 27.2 Å². The number of aromatic nitrogens is 1. The van der Waals surface area contributed by atoms with Gasteiger partial charge in [0.05, 0.1) is 12.6 Å². The first kappa shape index (κ1) is 19.1. The van der Waals surface area contributed by atoms with Gasteiger partial charge in [-0.1, -0.05) is 24.3 Å². The number of rotatable bonds is 6. The number of aromatic hydroxyl groups is 1. The lowest BCUT2D eigenvalue weighted by Gasteiger charge is -2.33. The van der Waals surface area contributed by atoms with E-state index in [-0.39, 0.29) is 17.8 Å². The number of hydrogen-bond donors (Lipinski definition) is 2. The van der Waals surface area contributed by atoms with E-state index in [9.17, 15) is 14.7 Å². The van der Waals surface area contributed by atoms with Crippen molar-refractivity contribution in [3.8, 4) is 5.75 Å². The van der Waals surface area contributed by atoms with Gasteiger partial charge >= 0.3 is 5.97 Å². The maximum atomic E-state index is 11.7. The fourth-order valence-corrected chi connectivity index (χ4v) is 4.11. The maximum Gasteiger partial charge on any atom is 0.306 e. The minimum atomic E-state index is -0.204. The third-order valence-corrected chi connectivity index (χ3v) is 5.50. The molecule has 1 unspecified atom stereocenters. The molecule has 1 amide bonds. The average molecular weight is 392 g/mol. The van der Waals surface area contributed by atoms with E-state index < -0.39 is 0 Å². The van der Waals surface area contributed by atoms with E-state index in [1.165, 1.54) is 0 Å². The molecule has 1 aliphatic rings. The number of carbonyl (C=O) groups is 2. The van der Waals surface area contributed by atoms with Crippen molar-refractivity contribution in [1.82, 2.24) is 9.88 Å². The van der Waals surface area contributed by atoms with E-state index in [4.69, 9.17) is 4.74 Å². The molecule has 150 valence electrons. The van der Waals surface area contributed by atoms with Crippen molar-refractivity contribution in [3.05, 3.63) is 64.8 Å². The molecule has 0 fully saturated rings. The third kappa shape index (κ3) is 3.70. The lowest BCUT2D eigenvalue weighted by molar-refractivity contribution is -0.143. The minimum absolute atomic E-state index is 0.193. The van der Waals surface area contributed by atoms with Gasteiger partial charge in [-0.2, -0.15) is 0 Å². The first-order valence-electron chi connectivity index (χ1n) is 9.89. The van der Waals surface area contributed by atoms with Gasteiger partial charge in [-0.15, -0.1) is 0 Å². The van der Waals surface area contributed by atoms with E-state index in [0.29, 0.717) is 26.0 Å². The van der Waals surface area contributed by atoms with Crippen LogP contribution in [0, 0.1) is 0 Å². The van der Waals surface area contributed by atoms with E-state index in [0.717, 1.165) is 46.1 Å². The Balaban J connectivity index is 1.64. The van der Waals surface area contributed by atoms with Gasteiger partial charge < -0.3 is 19.7 Å². The topological polar surface area (TPSA) is 82.6 Å². The Hall–Kier alpha value is -3.28. The number of esters is 1. The number of aryl methyl sites for hydroxylation is 1. The molecule has 6 nitrogen and oxygen atoms in total. The quantitative estimate of drug-likeness (QED) is 0.497. The summed E-state index contributed by atoms with van der Waals surface area (Å²) in [5.41, 5.74) is 5.15. The number of carbonyl (C=O) groups excluding carboxylic acids is 2. The van der Waals surface area contributed by atoms with Crippen molar-refractivity contribution >= 4 is 23.3 Å². The monoisotopic (exact) mass is 392 g/mol. The Bertz CT molecular complexity index is 1040. The number of nitrogens with zero attached hydrogens (tertiary/aromatic N) is 1. The zero-order chi connectivity index (χ0) is 20.4. The van der Waals surface area contributed by atoms with E-state index >= 15 is 0 Å². The molecule has 3 aromatic rings. The summed E-state index contributed by atoms with van der Waals surface area (Å²) in [5, 5.41) is 10.9. The van der Waals surface area contributed by atoms with Crippen LogP contribution in [0.5, 0.6) is 5.75 Å². The molecule has 2 N–H and O–H groups in total. The largest absolute Gasteiger partial charge is 0.508 e. The Labute approximate surface area is 169 Å². The zero-order valence-corrected chi connectivity index (χ0v) is 16.4. The summed E-state index contributed by atoms with van der Waals surface area (Å²) in [4.78, 5) is 28.6. The normalized spacial score (nSPS) is 15.9. The molecule has 29 heavy (non-hydrogen) atoms. The highest BCUT2D eigenvalue weighted by molar-refractivity contribution is 5.87. The number of fused-ring (bicyclic) bond motifs is 3. The van der Waals surface area contributed by atoms with E-state index in [1.54, 1.807) is 24.0 Å². The van der Waals surface area contributed by atoms with Crippen LogP contribution in [0.15, 0.2) is 42.5 Å². The van der Waals surface area contributed by atoms with Crippen LogP contribution >= 0.6 is 0 Å². The second-order valence-electron chi connectivity index (χ2n) is 7.29. The number of phenols is 1. The summed E-state index contributed by atoms with van der Waals surface area (Å²) in [6, 6.07) is 13.1. The lowest BCUT2D eigenvalue weighted by Crippen LogP contribution is -2.35. The molecular weight excluding hydrogens is 368 g/mol. The fourth-order valence-electron chi connectivity index (χ4n) is 4.11. The number of ether oxygens (including phenoxy) is 1. The Morgan fingerprint density at radius 3 is 2.79 bits per heavy atom. The predicted molar refractivity (Wildman–Crippen MR) is 110 cm³/mol. The molecule has 4 rings (SSSR count). The SMILES string of the molecule is CCOC(=O)CCc1ccc(C2c3[nH]c4ccc(O)cc4c3CCN2C=O)cc1. The second-order valence-corrected chi connectivity index (χ2v) is 7.29. The van der Waals surface area contributed by atoms with Crippen molar-refractivity contribution in [2.75, 3.05) is 13.2 Å². The van der Waals surface area contributed by atoms with Gasteiger partial charge in [-0.25, -0.2) is 0 Å². The first-order chi connectivity index (χ1) is 14.1. The van der Waals surface area contributed by atoms with Gasteiger partial charge in [0, 0.05) is 29.6 Å². The number of benzene rings is 2. The van der Waals surface area contributed by atoms with Crippen LogP contribution in [0.1, 0.15) is 41.8 Å². The van der Waals surface area contributed by atoms with Crippen LogP contribution in [-0.4, -0.2) is 40.5 Å². The summed E-state index contributed by atoms with van der Waals surface area (Å²) in [6.45, 7) is 2.81. The number of aromatic amines is 1. The van der Waals surface area contributed by atoms with Crippen molar-refractivity contribution in [1.29, 1.82) is 0 Å². The number of nitrogens with one attached hydrogen (secondary N) is 1. The Kier molecular flexibility index (Phi) is 5.25. The summed E-state index contributed by atoms with van der Waals surface area (Å²) < 4.78 is 4.98. The maximum absolute atomic E-state index is 11.7. The molecule has 0 spiro atoms. The number of amides is 1. The highest BCUT2D eigenvalue weighted by atomic mass is 16.5. The van der Waals surface area contributed by atoms with Crippen LogP contribution in [0.4, 0.5) is 0 Å². The van der Waals surface area contributed by atoms with Gasteiger partial charge in [0.25, 0.3) is 0 Å². The Morgan fingerprint density at radius 1 is 1.28 bits per heavy atom. The summed E-state index contributed by atoms with van der Waals surface area (Å²) >= 11 is 0. The molecule has 1 aromatic heterocycles. The third-order valence-electron chi connectivity index (χ3n) is 5.50. The highest BCUT2D eigenvalue weighted by Crippen LogP contribution is 2.38. The van der Waals surface area contributed by atoms with Gasteiger partial charge in [0.15, 0.2) is 0 Å². The summed E-state index contributed by atoms with van der Waals surface area (Å²) in [5.74, 6) is 0.0431. The molecule has 2 aromatic carbocycles. The van der Waals surface area contributed by atoms with Crippen LogP contribution in [0.2, 0.25) is 0 Å². The van der Waals surface area contributed by atoms with Crippen LogP contribution in [0.25, 0.3) is 10.9 Å². The molecular formula is C23H24N2O4. The van der Waals surface area contributed by atoms with Crippen LogP contribution < -0.4 is 0 Å². The van der Waals surface area contributed by atoms with Crippen LogP contribution in [0.3, 0.4) is 0 Å². The van der Waals surface area contributed by atoms with Crippen molar-refractivity contribution in [3.63, 3.8) is 0 Å². The molecule has 0 aliphatic carbocycles. The lowest BCUT2D eigenvalue weighted by atomic mass is 9.92. The van der Waals surface area contributed by atoms with Crippen molar-refractivity contribution in [2.45, 2.75) is 32.2 Å². The van der Waals surface area contributed by atoms with E-state index in [1.807, 2.05) is 30.3 Å². The fraction of sp³-hybridized carbons (Fsp3) is 0.304. The zero-order valence-electron chi connectivity index (χ0n) is 16.4. The molecule has 0 saturated heterocycles.